The van der Waals surface area contributed by atoms with Crippen molar-refractivity contribution >= 4 is 34.7 Å². The van der Waals surface area contributed by atoms with Crippen LogP contribution in [-0.4, -0.2) is 53.0 Å². The summed E-state index contributed by atoms with van der Waals surface area (Å²) in [6, 6.07) is 0.368. The van der Waals surface area contributed by atoms with Crippen LogP contribution in [0.1, 0.15) is 43.8 Å². The topological polar surface area (TPSA) is 81.2 Å². The van der Waals surface area contributed by atoms with E-state index in [9.17, 15) is 8.42 Å². The molecule has 0 spiro atoms. The molecule has 2 saturated heterocycles. The Hall–Kier alpha value is -0.340. The molecule has 1 aliphatic carbocycles. The number of hydrogen-bond acceptors (Lipinski definition) is 5. The molecule has 0 unspecified atom stereocenters. The van der Waals surface area contributed by atoms with E-state index in [1.165, 1.54) is 37.8 Å². The van der Waals surface area contributed by atoms with E-state index in [0.717, 1.165) is 13.1 Å². The lowest BCUT2D eigenvalue weighted by Gasteiger charge is -2.26. The molecule has 1 aromatic rings. The zero-order valence-electron chi connectivity index (χ0n) is 14.3. The molecule has 3 heterocycles. The smallest absolute Gasteiger partial charge is 0.156 e. The van der Waals surface area contributed by atoms with Gasteiger partial charge in [0.05, 0.1) is 23.0 Å². The number of fused-ring (bicyclic) bond motifs is 1. The number of hydrogen-bond donors (Lipinski definition) is 1. The zero-order valence-corrected chi connectivity index (χ0v) is 16.7. The molecular formula is C16H28Cl2N4O2S. The minimum Gasteiger partial charge on any atom is -0.330 e. The van der Waals surface area contributed by atoms with Gasteiger partial charge in [0.25, 0.3) is 0 Å². The first-order chi connectivity index (χ1) is 11.0. The van der Waals surface area contributed by atoms with Gasteiger partial charge in [0, 0.05) is 43.8 Å². The Kier molecular flexibility index (Phi) is 6.82. The third kappa shape index (κ3) is 4.00. The molecule has 0 amide bonds. The van der Waals surface area contributed by atoms with Crippen LogP contribution in [-0.2, 0) is 16.4 Å². The normalized spacial score (nSPS) is 32.0. The molecule has 3 atom stereocenters. The van der Waals surface area contributed by atoms with Crippen LogP contribution >= 0.6 is 24.8 Å². The van der Waals surface area contributed by atoms with E-state index in [1.807, 2.05) is 12.5 Å². The second-order valence-electron chi connectivity index (χ2n) is 7.47. The number of likely N-dealkylation sites (tertiary alicyclic amines) is 1. The highest BCUT2D eigenvalue weighted by Crippen LogP contribution is 2.34. The van der Waals surface area contributed by atoms with Crippen molar-refractivity contribution in [1.29, 1.82) is 0 Å². The van der Waals surface area contributed by atoms with Crippen LogP contribution in [0.15, 0.2) is 12.5 Å². The van der Waals surface area contributed by atoms with Crippen LogP contribution in [0.5, 0.6) is 0 Å². The van der Waals surface area contributed by atoms with Crippen molar-refractivity contribution in [2.45, 2.75) is 56.0 Å². The van der Waals surface area contributed by atoms with Crippen molar-refractivity contribution < 1.29 is 8.42 Å². The summed E-state index contributed by atoms with van der Waals surface area (Å²) in [5.74, 6) is 0.266. The SMILES string of the molecule is Cl.Cl.N[C@@H]1CS(=O)(=O)[C@H]2CN(Cc3cncn3C3CCCCC3)C[C@@H]12. The third-order valence-electron chi connectivity index (χ3n) is 5.92. The predicted octanol–water partition coefficient (Wildman–Crippen LogP) is 1.79. The quantitative estimate of drug-likeness (QED) is 0.820. The van der Waals surface area contributed by atoms with E-state index in [4.69, 9.17) is 5.73 Å². The van der Waals surface area contributed by atoms with E-state index >= 15 is 0 Å². The molecule has 144 valence electrons. The maximum Gasteiger partial charge on any atom is 0.156 e. The van der Waals surface area contributed by atoms with Crippen molar-refractivity contribution in [3.05, 3.63) is 18.2 Å². The number of sulfone groups is 1. The highest BCUT2D eigenvalue weighted by Gasteiger charge is 2.50. The maximum atomic E-state index is 12.2. The minimum absolute atomic E-state index is 0. The van der Waals surface area contributed by atoms with Crippen molar-refractivity contribution in [1.82, 2.24) is 14.5 Å². The number of imidazole rings is 1. The molecule has 2 N–H and O–H groups in total. The van der Waals surface area contributed by atoms with Gasteiger partial charge in [-0.1, -0.05) is 19.3 Å². The Balaban J connectivity index is 0.00000113. The summed E-state index contributed by atoms with van der Waals surface area (Å²) in [6.07, 6.45) is 10.3. The van der Waals surface area contributed by atoms with E-state index in [-0.39, 0.29) is 47.8 Å². The molecule has 4 rings (SSSR count). The fraction of sp³-hybridized carbons (Fsp3) is 0.812. The average molecular weight is 411 g/mol. The third-order valence-corrected chi connectivity index (χ3v) is 8.19. The van der Waals surface area contributed by atoms with Crippen LogP contribution in [0.3, 0.4) is 0 Å². The van der Waals surface area contributed by atoms with E-state index < -0.39 is 9.84 Å². The first kappa shape index (κ1) is 21.0. The van der Waals surface area contributed by atoms with E-state index in [1.54, 1.807) is 0 Å². The monoisotopic (exact) mass is 410 g/mol. The van der Waals surface area contributed by atoms with Crippen LogP contribution in [0, 0.1) is 5.92 Å². The second-order valence-corrected chi connectivity index (χ2v) is 9.74. The molecule has 3 fully saturated rings. The van der Waals surface area contributed by atoms with E-state index in [2.05, 4.69) is 14.5 Å². The molecule has 9 heteroatoms. The van der Waals surface area contributed by atoms with E-state index in [0.29, 0.717) is 12.6 Å². The fourth-order valence-corrected chi connectivity index (χ4v) is 6.98. The molecule has 25 heavy (non-hydrogen) atoms. The number of nitrogens with two attached hydrogens (primary N) is 1. The highest BCUT2D eigenvalue weighted by atomic mass is 35.5. The van der Waals surface area contributed by atoms with Crippen molar-refractivity contribution in [2.75, 3.05) is 18.8 Å². The average Bonchev–Trinajstić information content (AvgIpc) is 3.19. The van der Waals surface area contributed by atoms with Gasteiger partial charge in [0.15, 0.2) is 9.84 Å². The van der Waals surface area contributed by atoms with Crippen molar-refractivity contribution in [3.8, 4) is 0 Å². The van der Waals surface area contributed by atoms with Gasteiger partial charge in [-0.15, -0.1) is 24.8 Å². The second kappa shape index (κ2) is 8.13. The summed E-state index contributed by atoms with van der Waals surface area (Å²) in [5, 5.41) is -0.261. The fourth-order valence-electron chi connectivity index (χ4n) is 4.69. The highest BCUT2D eigenvalue weighted by molar-refractivity contribution is 7.92. The number of aromatic nitrogens is 2. The summed E-state index contributed by atoms with van der Waals surface area (Å²) in [7, 11) is -3.00. The van der Waals surface area contributed by atoms with Gasteiger partial charge in [-0.2, -0.15) is 0 Å². The Bertz CT molecular complexity index is 675. The van der Waals surface area contributed by atoms with Crippen LogP contribution in [0.4, 0.5) is 0 Å². The molecule has 1 aromatic heterocycles. The lowest BCUT2D eigenvalue weighted by Crippen LogP contribution is -2.33. The molecular weight excluding hydrogens is 383 g/mol. The first-order valence-corrected chi connectivity index (χ1v) is 10.5. The Morgan fingerprint density at radius 3 is 2.56 bits per heavy atom. The minimum atomic E-state index is -3.00. The molecule has 3 aliphatic rings. The lowest BCUT2D eigenvalue weighted by atomic mass is 9.95. The Morgan fingerprint density at radius 2 is 1.88 bits per heavy atom. The van der Waals surface area contributed by atoms with Crippen LogP contribution in [0.25, 0.3) is 0 Å². The summed E-state index contributed by atoms with van der Waals surface area (Å²) >= 11 is 0. The first-order valence-electron chi connectivity index (χ1n) is 8.75. The predicted molar refractivity (Wildman–Crippen MR) is 103 cm³/mol. The molecule has 0 bridgehead atoms. The number of halogens is 2. The standard InChI is InChI=1S/C16H26N4O2S.2ClH/c17-15-10-23(21,22)16-9-19(8-14(15)16)7-13-6-18-11-20(13)12-4-2-1-3-5-12;;/h6,11-12,14-16H,1-5,7-10,17H2;2*1H/t14-,15+,16-;;/m0../s1. The van der Waals surface area contributed by atoms with Crippen LogP contribution < -0.4 is 5.73 Å². The summed E-state index contributed by atoms with van der Waals surface area (Å²) in [4.78, 5) is 6.60. The van der Waals surface area contributed by atoms with Gasteiger partial charge < -0.3 is 10.3 Å². The van der Waals surface area contributed by atoms with Gasteiger partial charge in [-0.05, 0) is 12.8 Å². The van der Waals surface area contributed by atoms with Crippen molar-refractivity contribution in [2.24, 2.45) is 11.7 Å². The summed E-state index contributed by atoms with van der Waals surface area (Å²) < 4.78 is 26.7. The van der Waals surface area contributed by atoms with Gasteiger partial charge >= 0.3 is 0 Å². The summed E-state index contributed by atoms with van der Waals surface area (Å²) in [6.45, 7) is 2.20. The van der Waals surface area contributed by atoms with Gasteiger partial charge in [-0.25, -0.2) is 13.4 Å². The zero-order chi connectivity index (χ0) is 16.0. The molecule has 1 saturated carbocycles. The lowest BCUT2D eigenvalue weighted by molar-refractivity contribution is 0.284. The largest absolute Gasteiger partial charge is 0.330 e. The molecule has 2 aliphatic heterocycles. The van der Waals surface area contributed by atoms with Crippen molar-refractivity contribution in [3.63, 3.8) is 0 Å². The van der Waals surface area contributed by atoms with Gasteiger partial charge in [0.2, 0.25) is 0 Å². The number of rotatable bonds is 3. The van der Waals surface area contributed by atoms with Gasteiger partial charge in [-0.3, -0.25) is 4.90 Å². The molecule has 6 nitrogen and oxygen atoms in total. The van der Waals surface area contributed by atoms with Crippen LogP contribution in [0.2, 0.25) is 0 Å². The van der Waals surface area contributed by atoms with Gasteiger partial charge in [0.1, 0.15) is 0 Å². The molecule has 0 aromatic carbocycles. The Labute approximate surface area is 162 Å². The molecule has 0 radical (unpaired) electrons. The number of nitrogens with zero attached hydrogens (tertiary/aromatic N) is 3. The summed E-state index contributed by atoms with van der Waals surface area (Å²) in [5.41, 5.74) is 7.27. The maximum absolute atomic E-state index is 12.2. The Morgan fingerprint density at radius 1 is 1.16 bits per heavy atom.